The summed E-state index contributed by atoms with van der Waals surface area (Å²) >= 11 is 6.43. The van der Waals surface area contributed by atoms with Crippen molar-refractivity contribution in [2.45, 2.75) is 11.8 Å². The van der Waals surface area contributed by atoms with Gasteiger partial charge in [0, 0.05) is 12.7 Å². The van der Waals surface area contributed by atoms with Gasteiger partial charge in [0.15, 0.2) is 3.95 Å². The molecule has 118 valence electrons. The van der Waals surface area contributed by atoms with Crippen LogP contribution in [0.4, 0.5) is 15.5 Å². The quantitative estimate of drug-likeness (QED) is 0.733. The Bertz CT molecular complexity index is 866. The van der Waals surface area contributed by atoms with E-state index < -0.39 is 16.1 Å². The van der Waals surface area contributed by atoms with Gasteiger partial charge in [-0.05, 0) is 43.4 Å². The molecule has 7 nitrogen and oxygen atoms in total. The van der Waals surface area contributed by atoms with Crippen LogP contribution in [0, 0.1) is 10.9 Å². The Morgan fingerprint density at radius 3 is 2.32 bits per heavy atom. The van der Waals surface area contributed by atoms with Crippen molar-refractivity contribution in [3.8, 4) is 0 Å². The van der Waals surface area contributed by atoms with Gasteiger partial charge in [-0.25, -0.2) is 18.4 Å². The lowest BCUT2D eigenvalue weighted by Crippen LogP contribution is -2.19. The number of hydrogen-bond acceptors (Lipinski definition) is 5. The third kappa shape index (κ3) is 3.71. The van der Waals surface area contributed by atoms with Crippen LogP contribution in [-0.4, -0.2) is 19.0 Å². The van der Waals surface area contributed by atoms with E-state index in [4.69, 9.17) is 17.4 Å². The Morgan fingerprint density at radius 2 is 1.86 bits per heavy atom. The molecule has 0 spiro atoms. The Balaban J connectivity index is 2.09. The smallest absolute Gasteiger partial charge is 0.324 e. The molecule has 0 fully saturated rings. The number of urea groups is 1. The van der Waals surface area contributed by atoms with E-state index in [9.17, 15) is 13.2 Å². The van der Waals surface area contributed by atoms with Crippen molar-refractivity contribution in [1.82, 2.24) is 4.57 Å². The van der Waals surface area contributed by atoms with Gasteiger partial charge in [0.05, 0.1) is 10.6 Å². The van der Waals surface area contributed by atoms with E-state index in [1.54, 1.807) is 4.57 Å². The lowest BCUT2D eigenvalue weighted by molar-refractivity contribution is 0.262. The Morgan fingerprint density at radius 1 is 1.27 bits per heavy atom. The van der Waals surface area contributed by atoms with Crippen LogP contribution in [0.3, 0.4) is 0 Å². The number of thiazole rings is 1. The van der Waals surface area contributed by atoms with Crippen LogP contribution in [0.2, 0.25) is 0 Å². The molecule has 0 saturated carbocycles. The average Bonchev–Trinajstić information content (AvgIpc) is 2.66. The van der Waals surface area contributed by atoms with E-state index >= 15 is 0 Å². The number of sulfonamides is 1. The van der Waals surface area contributed by atoms with Gasteiger partial charge in [-0.15, -0.1) is 0 Å². The number of primary sulfonamides is 1. The van der Waals surface area contributed by atoms with E-state index in [0.717, 1.165) is 5.69 Å². The zero-order valence-corrected chi connectivity index (χ0v) is 14.2. The summed E-state index contributed by atoms with van der Waals surface area (Å²) in [5.41, 5.74) is 1.30. The van der Waals surface area contributed by atoms with Crippen LogP contribution in [0.15, 0.2) is 29.2 Å². The molecule has 2 aromatic rings. The first kappa shape index (κ1) is 16.6. The molecular weight excluding hydrogens is 344 g/mol. The van der Waals surface area contributed by atoms with Gasteiger partial charge < -0.3 is 9.88 Å². The van der Waals surface area contributed by atoms with Crippen molar-refractivity contribution in [3.05, 3.63) is 33.9 Å². The van der Waals surface area contributed by atoms with Gasteiger partial charge in [-0.1, -0.05) is 11.3 Å². The normalized spacial score (nSPS) is 11.2. The monoisotopic (exact) mass is 358 g/mol. The fraction of sp³-hybridized carbons (Fsp3) is 0.167. The summed E-state index contributed by atoms with van der Waals surface area (Å²) in [6, 6.07) is 5.12. The van der Waals surface area contributed by atoms with Gasteiger partial charge in [0.2, 0.25) is 10.0 Å². The van der Waals surface area contributed by atoms with Gasteiger partial charge in [-0.2, -0.15) is 0 Å². The number of rotatable bonds is 3. The number of carbonyl (C=O) groups excluding carboxylic acids is 1. The second-order valence-electron chi connectivity index (χ2n) is 4.49. The standard InChI is InChI=1S/C12H14N4O3S3/c1-7-10(21-12(20)16(7)2)15-11(17)14-8-3-5-9(6-4-8)22(13,18)19/h3-6H,1-2H3,(H2,13,18,19)(H2,14,15,17). The number of hydrogen-bond donors (Lipinski definition) is 3. The van der Waals surface area contributed by atoms with Crippen LogP contribution in [-0.2, 0) is 17.1 Å². The van der Waals surface area contributed by atoms with Gasteiger partial charge in [0.1, 0.15) is 5.00 Å². The number of aromatic nitrogens is 1. The highest BCUT2D eigenvalue weighted by Gasteiger charge is 2.11. The summed E-state index contributed by atoms with van der Waals surface area (Å²) in [7, 11) is -1.92. The molecular formula is C12H14N4O3S3. The second kappa shape index (κ2) is 6.16. The molecule has 0 radical (unpaired) electrons. The molecule has 0 unspecified atom stereocenters. The Labute approximate surface area is 136 Å². The number of nitrogens with two attached hydrogens (primary N) is 1. The van der Waals surface area contributed by atoms with Gasteiger partial charge >= 0.3 is 6.03 Å². The van der Waals surface area contributed by atoms with Crippen molar-refractivity contribution in [2.75, 3.05) is 10.6 Å². The summed E-state index contributed by atoms with van der Waals surface area (Å²) < 4.78 is 24.8. The molecule has 1 heterocycles. The van der Waals surface area contributed by atoms with Crippen LogP contribution in [0.25, 0.3) is 0 Å². The van der Waals surface area contributed by atoms with Crippen molar-refractivity contribution in [3.63, 3.8) is 0 Å². The molecule has 22 heavy (non-hydrogen) atoms. The molecule has 10 heteroatoms. The van der Waals surface area contributed by atoms with E-state index in [1.807, 2.05) is 14.0 Å². The third-order valence-electron chi connectivity index (χ3n) is 2.96. The van der Waals surface area contributed by atoms with E-state index in [0.29, 0.717) is 14.6 Å². The summed E-state index contributed by atoms with van der Waals surface area (Å²) in [6.45, 7) is 1.85. The molecule has 0 atom stereocenters. The maximum absolute atomic E-state index is 11.9. The molecule has 1 aromatic carbocycles. The first-order valence-corrected chi connectivity index (χ1v) is 8.83. The maximum Gasteiger partial charge on any atom is 0.324 e. The van der Waals surface area contributed by atoms with Crippen LogP contribution in [0.1, 0.15) is 5.69 Å². The van der Waals surface area contributed by atoms with E-state index in [-0.39, 0.29) is 4.90 Å². The number of anilines is 2. The zero-order chi connectivity index (χ0) is 16.5. The van der Waals surface area contributed by atoms with Crippen LogP contribution in [0.5, 0.6) is 0 Å². The first-order valence-electron chi connectivity index (χ1n) is 6.06. The van der Waals surface area contributed by atoms with Gasteiger partial charge in [0.25, 0.3) is 0 Å². The fourth-order valence-electron chi connectivity index (χ4n) is 1.63. The predicted octanol–water partition coefficient (Wildman–Crippen LogP) is 2.42. The zero-order valence-electron chi connectivity index (χ0n) is 11.8. The summed E-state index contributed by atoms with van der Waals surface area (Å²) in [5, 5.41) is 11.0. The van der Waals surface area contributed by atoms with Crippen LogP contribution < -0.4 is 15.8 Å². The highest BCUT2D eigenvalue weighted by atomic mass is 32.2. The number of nitrogens with zero attached hydrogens (tertiary/aromatic N) is 1. The fourth-order valence-corrected chi connectivity index (χ4v) is 3.41. The Kier molecular flexibility index (Phi) is 4.66. The maximum atomic E-state index is 11.9. The minimum Gasteiger partial charge on any atom is -0.328 e. The van der Waals surface area contributed by atoms with Crippen molar-refractivity contribution >= 4 is 50.3 Å². The minimum atomic E-state index is -3.75. The first-order chi connectivity index (χ1) is 10.2. The minimum absolute atomic E-state index is 0.0182. The molecule has 0 aliphatic rings. The average molecular weight is 358 g/mol. The molecule has 0 aliphatic carbocycles. The number of amides is 2. The largest absolute Gasteiger partial charge is 0.328 e. The topological polar surface area (TPSA) is 106 Å². The predicted molar refractivity (Wildman–Crippen MR) is 89.3 cm³/mol. The summed E-state index contributed by atoms with van der Waals surface area (Å²) in [5.74, 6) is 0. The van der Waals surface area contributed by atoms with Crippen LogP contribution >= 0.6 is 23.6 Å². The van der Waals surface area contributed by atoms with E-state index in [2.05, 4.69) is 10.6 Å². The summed E-state index contributed by atoms with van der Waals surface area (Å²) in [6.07, 6.45) is 0. The molecule has 0 saturated heterocycles. The third-order valence-corrected chi connectivity index (χ3v) is 5.47. The number of benzene rings is 1. The lowest BCUT2D eigenvalue weighted by atomic mass is 10.3. The SMILES string of the molecule is Cc1c(NC(=O)Nc2ccc(S(N)(=O)=O)cc2)sc(=S)n1C. The Hall–Kier alpha value is -1.75. The van der Waals surface area contributed by atoms with Crippen molar-refractivity contribution < 1.29 is 13.2 Å². The number of nitrogens with one attached hydrogen (secondary N) is 2. The highest BCUT2D eigenvalue weighted by Crippen LogP contribution is 2.23. The molecule has 0 aliphatic heterocycles. The summed E-state index contributed by atoms with van der Waals surface area (Å²) in [4.78, 5) is 11.9. The second-order valence-corrected chi connectivity index (χ2v) is 7.70. The number of carbonyl (C=O) groups is 1. The lowest BCUT2D eigenvalue weighted by Gasteiger charge is -2.07. The molecule has 0 bridgehead atoms. The molecule has 1 aromatic heterocycles. The molecule has 2 rings (SSSR count). The van der Waals surface area contributed by atoms with E-state index in [1.165, 1.54) is 35.6 Å². The molecule has 4 N–H and O–H groups in total. The van der Waals surface area contributed by atoms with Crippen molar-refractivity contribution in [2.24, 2.45) is 12.2 Å². The molecule has 2 amide bonds. The highest BCUT2D eigenvalue weighted by molar-refractivity contribution is 7.89. The van der Waals surface area contributed by atoms with Crippen molar-refractivity contribution in [1.29, 1.82) is 0 Å². The van der Waals surface area contributed by atoms with Gasteiger partial charge in [-0.3, -0.25) is 5.32 Å².